The summed E-state index contributed by atoms with van der Waals surface area (Å²) >= 11 is 0. The van der Waals surface area contributed by atoms with Gasteiger partial charge in [0.25, 0.3) is 0 Å². The molecule has 2 saturated carbocycles. The van der Waals surface area contributed by atoms with E-state index in [4.69, 9.17) is 0 Å². The van der Waals surface area contributed by atoms with E-state index in [9.17, 15) is 5.11 Å². The van der Waals surface area contributed by atoms with Crippen LogP contribution < -0.4 is 5.32 Å². The highest BCUT2D eigenvalue weighted by molar-refractivity contribution is 4.87. The number of nitrogens with zero attached hydrogens (tertiary/aromatic N) is 1. The second kappa shape index (κ2) is 6.55. The van der Waals surface area contributed by atoms with E-state index in [2.05, 4.69) is 10.2 Å². The van der Waals surface area contributed by atoms with Crippen LogP contribution >= 0.6 is 0 Å². The molecule has 0 aromatic rings. The molecule has 110 valence electrons. The molecule has 1 heterocycles. The van der Waals surface area contributed by atoms with E-state index >= 15 is 0 Å². The van der Waals surface area contributed by atoms with Gasteiger partial charge in [-0.1, -0.05) is 6.42 Å². The third kappa shape index (κ3) is 4.17. The zero-order valence-electron chi connectivity index (χ0n) is 12.2. The fourth-order valence-corrected chi connectivity index (χ4v) is 3.69. The van der Waals surface area contributed by atoms with E-state index in [0.717, 1.165) is 18.3 Å². The highest BCUT2D eigenvalue weighted by atomic mass is 16.3. The van der Waals surface area contributed by atoms with Gasteiger partial charge in [-0.2, -0.15) is 0 Å². The molecule has 3 rings (SSSR count). The normalized spacial score (nSPS) is 33.3. The molecule has 0 amide bonds. The Bertz CT molecular complexity index is 276. The third-order valence-corrected chi connectivity index (χ3v) is 5.28. The van der Waals surface area contributed by atoms with E-state index in [-0.39, 0.29) is 0 Å². The first kappa shape index (κ1) is 13.8. The van der Waals surface area contributed by atoms with Crippen molar-refractivity contribution in [2.75, 3.05) is 32.8 Å². The zero-order chi connectivity index (χ0) is 13.1. The number of nitrogens with one attached hydrogen (secondary N) is 1. The molecule has 3 nitrogen and oxygen atoms in total. The van der Waals surface area contributed by atoms with Crippen LogP contribution in [-0.2, 0) is 0 Å². The molecule has 2 atom stereocenters. The molecule has 3 heteroatoms. The summed E-state index contributed by atoms with van der Waals surface area (Å²) in [5.41, 5.74) is 0. The Morgan fingerprint density at radius 1 is 1.00 bits per heavy atom. The van der Waals surface area contributed by atoms with Gasteiger partial charge in [-0.15, -0.1) is 0 Å². The molecule has 0 bridgehead atoms. The minimum absolute atomic E-state index is 0.358. The Morgan fingerprint density at radius 3 is 2.47 bits per heavy atom. The van der Waals surface area contributed by atoms with E-state index in [1.54, 1.807) is 0 Å². The summed E-state index contributed by atoms with van der Waals surface area (Å²) in [5.74, 6) is 2.64. The first-order valence-corrected chi connectivity index (χ1v) is 8.40. The largest absolute Gasteiger partial charge is 0.396 e. The van der Waals surface area contributed by atoms with Gasteiger partial charge in [0.2, 0.25) is 0 Å². The fourth-order valence-electron chi connectivity index (χ4n) is 3.69. The highest BCUT2D eigenvalue weighted by Crippen LogP contribution is 2.30. The van der Waals surface area contributed by atoms with E-state index in [0.29, 0.717) is 18.6 Å². The molecule has 2 aliphatic carbocycles. The predicted octanol–water partition coefficient (Wildman–Crippen LogP) is 1.86. The van der Waals surface area contributed by atoms with Crippen molar-refractivity contribution >= 4 is 0 Å². The standard InChI is InChI=1S/C16H30N2O/c19-7-6-15-8-16(17-9-13-4-5-13)12-18(11-15)10-14-2-1-3-14/h13-17,19H,1-12H2. The van der Waals surface area contributed by atoms with Gasteiger partial charge in [0.15, 0.2) is 0 Å². The quantitative estimate of drug-likeness (QED) is 0.738. The molecule has 0 aromatic carbocycles. The zero-order valence-corrected chi connectivity index (χ0v) is 12.2. The maximum absolute atomic E-state index is 9.22. The summed E-state index contributed by atoms with van der Waals surface area (Å²) < 4.78 is 0. The second-order valence-corrected chi connectivity index (χ2v) is 7.18. The van der Waals surface area contributed by atoms with Crippen LogP contribution in [0.4, 0.5) is 0 Å². The summed E-state index contributed by atoms with van der Waals surface area (Å²) in [6.07, 6.45) is 9.47. The van der Waals surface area contributed by atoms with Gasteiger partial charge in [-0.3, -0.25) is 0 Å². The van der Waals surface area contributed by atoms with Crippen molar-refractivity contribution in [1.29, 1.82) is 0 Å². The lowest BCUT2D eigenvalue weighted by Gasteiger charge is -2.41. The van der Waals surface area contributed by atoms with E-state index < -0.39 is 0 Å². The van der Waals surface area contributed by atoms with Gasteiger partial charge in [0, 0.05) is 32.3 Å². The lowest BCUT2D eigenvalue weighted by atomic mass is 9.83. The minimum Gasteiger partial charge on any atom is -0.396 e. The average Bonchev–Trinajstić information content (AvgIpc) is 3.16. The Hall–Kier alpha value is -0.120. The van der Waals surface area contributed by atoms with Crippen molar-refractivity contribution in [1.82, 2.24) is 10.2 Å². The van der Waals surface area contributed by atoms with Crippen LogP contribution in [0.15, 0.2) is 0 Å². The number of hydrogen-bond donors (Lipinski definition) is 2. The molecule has 2 N–H and O–H groups in total. The Kier molecular flexibility index (Phi) is 4.78. The van der Waals surface area contributed by atoms with Gasteiger partial charge in [0.05, 0.1) is 0 Å². The highest BCUT2D eigenvalue weighted by Gasteiger charge is 2.30. The number of hydrogen-bond acceptors (Lipinski definition) is 3. The van der Waals surface area contributed by atoms with Crippen LogP contribution in [0.1, 0.15) is 44.9 Å². The van der Waals surface area contributed by atoms with Gasteiger partial charge >= 0.3 is 0 Å². The molecule has 3 aliphatic rings. The molecule has 1 aliphatic heterocycles. The maximum atomic E-state index is 9.22. The molecule has 3 fully saturated rings. The SMILES string of the molecule is OCCC1CC(NCC2CC2)CN(CC2CCC2)C1. The van der Waals surface area contributed by atoms with E-state index in [1.807, 2.05) is 0 Å². The van der Waals surface area contributed by atoms with Gasteiger partial charge in [-0.25, -0.2) is 0 Å². The molecular weight excluding hydrogens is 236 g/mol. The van der Waals surface area contributed by atoms with Crippen LogP contribution in [-0.4, -0.2) is 48.8 Å². The number of piperidine rings is 1. The van der Waals surface area contributed by atoms with E-state index in [1.165, 1.54) is 64.7 Å². The predicted molar refractivity (Wildman–Crippen MR) is 78.1 cm³/mol. The third-order valence-electron chi connectivity index (χ3n) is 5.28. The van der Waals surface area contributed by atoms with Gasteiger partial charge in [0.1, 0.15) is 0 Å². The number of aliphatic hydroxyl groups is 1. The summed E-state index contributed by atoms with van der Waals surface area (Å²) in [4.78, 5) is 2.68. The molecule has 1 saturated heterocycles. The smallest absolute Gasteiger partial charge is 0.0434 e. The lowest BCUT2D eigenvalue weighted by Crippen LogP contribution is -2.51. The van der Waals surface area contributed by atoms with Gasteiger partial charge < -0.3 is 15.3 Å². The van der Waals surface area contributed by atoms with Crippen molar-refractivity contribution in [2.24, 2.45) is 17.8 Å². The molecule has 0 spiro atoms. The summed E-state index contributed by atoms with van der Waals surface area (Å²) in [6.45, 7) is 5.36. The molecule has 2 unspecified atom stereocenters. The number of likely N-dealkylation sites (tertiary alicyclic amines) is 1. The fraction of sp³-hybridized carbons (Fsp3) is 1.00. The van der Waals surface area contributed by atoms with Crippen LogP contribution in [0.2, 0.25) is 0 Å². The number of rotatable bonds is 7. The Morgan fingerprint density at radius 2 is 1.84 bits per heavy atom. The first-order valence-electron chi connectivity index (χ1n) is 8.40. The van der Waals surface area contributed by atoms with Crippen LogP contribution in [0.25, 0.3) is 0 Å². The van der Waals surface area contributed by atoms with Crippen LogP contribution in [0.5, 0.6) is 0 Å². The summed E-state index contributed by atoms with van der Waals surface area (Å²) in [6, 6.07) is 0.672. The van der Waals surface area contributed by atoms with Crippen molar-refractivity contribution in [3.8, 4) is 0 Å². The second-order valence-electron chi connectivity index (χ2n) is 7.18. The van der Waals surface area contributed by atoms with Crippen LogP contribution in [0.3, 0.4) is 0 Å². The Balaban J connectivity index is 1.47. The molecule has 19 heavy (non-hydrogen) atoms. The minimum atomic E-state index is 0.358. The van der Waals surface area contributed by atoms with Crippen molar-refractivity contribution in [3.05, 3.63) is 0 Å². The average molecular weight is 266 g/mol. The molecular formula is C16H30N2O. The topological polar surface area (TPSA) is 35.5 Å². The molecule has 0 radical (unpaired) electrons. The van der Waals surface area contributed by atoms with Gasteiger partial charge in [-0.05, 0) is 62.8 Å². The lowest BCUT2D eigenvalue weighted by molar-refractivity contribution is 0.0899. The number of aliphatic hydroxyl groups excluding tert-OH is 1. The monoisotopic (exact) mass is 266 g/mol. The van der Waals surface area contributed by atoms with Crippen LogP contribution in [0, 0.1) is 17.8 Å². The van der Waals surface area contributed by atoms with Crippen molar-refractivity contribution in [2.45, 2.75) is 51.0 Å². The van der Waals surface area contributed by atoms with Crippen molar-refractivity contribution in [3.63, 3.8) is 0 Å². The summed E-state index contributed by atoms with van der Waals surface area (Å²) in [5, 5.41) is 13.0. The molecule has 0 aromatic heterocycles. The first-order chi connectivity index (χ1) is 9.33. The summed E-state index contributed by atoms with van der Waals surface area (Å²) in [7, 11) is 0. The Labute approximate surface area is 117 Å². The maximum Gasteiger partial charge on any atom is 0.0434 e. The van der Waals surface area contributed by atoms with Crippen molar-refractivity contribution < 1.29 is 5.11 Å².